The Morgan fingerprint density at radius 2 is 1.61 bits per heavy atom. The molecule has 2 N–H and O–H groups in total. The molecule has 0 saturated carbocycles. The molecule has 0 saturated heterocycles. The largest absolute Gasteiger partial charge is 0.396 e. The van der Waals surface area contributed by atoms with E-state index in [0.29, 0.717) is 19.5 Å². The number of aliphatic hydroxyl groups is 2. The number of carbonyl (C=O) groups is 1. The molecule has 0 radical (unpaired) electrons. The minimum atomic E-state index is -0.375. The fraction of sp³-hybridized carbons (Fsp3) is 0.929. The second-order valence-corrected chi connectivity index (χ2v) is 6.91. The summed E-state index contributed by atoms with van der Waals surface area (Å²) >= 11 is 0. The van der Waals surface area contributed by atoms with Crippen LogP contribution >= 0.6 is 0 Å². The molecule has 18 heavy (non-hydrogen) atoms. The van der Waals surface area contributed by atoms with Gasteiger partial charge in [0.2, 0.25) is 5.91 Å². The first-order valence-corrected chi connectivity index (χ1v) is 6.53. The quantitative estimate of drug-likeness (QED) is 0.731. The Morgan fingerprint density at radius 3 is 1.94 bits per heavy atom. The number of amides is 1. The van der Waals surface area contributed by atoms with Crippen LogP contribution in [0.4, 0.5) is 0 Å². The van der Waals surface area contributed by atoms with Crippen molar-refractivity contribution in [3.05, 3.63) is 0 Å². The van der Waals surface area contributed by atoms with Gasteiger partial charge in [0.1, 0.15) is 0 Å². The molecule has 0 aromatic rings. The van der Waals surface area contributed by atoms with Crippen LogP contribution in [0.15, 0.2) is 0 Å². The summed E-state index contributed by atoms with van der Waals surface area (Å²) in [7, 11) is 0. The molecule has 0 heterocycles. The Kier molecular flexibility index (Phi) is 6.30. The Balaban J connectivity index is 4.68. The predicted molar refractivity (Wildman–Crippen MR) is 73.2 cm³/mol. The molecule has 1 atom stereocenters. The summed E-state index contributed by atoms with van der Waals surface area (Å²) < 4.78 is 0. The third-order valence-corrected chi connectivity index (χ3v) is 2.96. The van der Waals surface area contributed by atoms with Gasteiger partial charge in [-0.15, -0.1) is 0 Å². The maximum Gasteiger partial charge on any atom is 0.219 e. The van der Waals surface area contributed by atoms with E-state index in [-0.39, 0.29) is 29.4 Å². The Bertz CT molecular complexity index is 272. The molecule has 0 aliphatic heterocycles. The Morgan fingerprint density at radius 1 is 1.17 bits per heavy atom. The molecule has 1 amide bonds. The van der Waals surface area contributed by atoms with Crippen molar-refractivity contribution in [3.8, 4) is 0 Å². The standard InChI is InChI=1S/C14H29NO3/c1-11(17)7-13(3,4)8-15(12(2)18)9-14(5,6)10-16/h11,16-17H,7-10H2,1-6H3. The number of carbonyl (C=O) groups excluding carboxylic acids is 1. The molecule has 108 valence electrons. The molecular formula is C14H29NO3. The Labute approximate surface area is 111 Å². The lowest BCUT2D eigenvalue weighted by Crippen LogP contribution is -2.44. The highest BCUT2D eigenvalue weighted by Crippen LogP contribution is 2.26. The van der Waals surface area contributed by atoms with Crippen molar-refractivity contribution in [2.24, 2.45) is 10.8 Å². The second kappa shape index (κ2) is 6.53. The highest BCUT2D eigenvalue weighted by molar-refractivity contribution is 5.73. The monoisotopic (exact) mass is 259 g/mol. The van der Waals surface area contributed by atoms with Crippen molar-refractivity contribution < 1.29 is 15.0 Å². The van der Waals surface area contributed by atoms with Crippen molar-refractivity contribution in [2.75, 3.05) is 19.7 Å². The first-order valence-electron chi connectivity index (χ1n) is 6.53. The van der Waals surface area contributed by atoms with Gasteiger partial charge >= 0.3 is 0 Å². The summed E-state index contributed by atoms with van der Waals surface area (Å²) in [5, 5.41) is 18.8. The van der Waals surface area contributed by atoms with Crippen molar-refractivity contribution in [3.63, 3.8) is 0 Å². The van der Waals surface area contributed by atoms with E-state index < -0.39 is 0 Å². The molecule has 1 unspecified atom stereocenters. The maximum atomic E-state index is 11.7. The van der Waals surface area contributed by atoms with Crippen LogP contribution in [0.5, 0.6) is 0 Å². The normalized spacial score (nSPS) is 14.4. The lowest BCUT2D eigenvalue weighted by molar-refractivity contribution is -0.132. The number of nitrogens with zero attached hydrogens (tertiary/aromatic N) is 1. The zero-order chi connectivity index (χ0) is 14.6. The van der Waals surface area contributed by atoms with Gasteiger partial charge in [-0.3, -0.25) is 4.79 Å². The molecular weight excluding hydrogens is 230 g/mol. The van der Waals surface area contributed by atoms with Gasteiger partial charge in [0.25, 0.3) is 0 Å². The molecule has 4 heteroatoms. The molecule has 0 bridgehead atoms. The molecule has 0 aliphatic rings. The number of rotatable bonds is 7. The average Bonchev–Trinajstić information content (AvgIpc) is 2.13. The smallest absolute Gasteiger partial charge is 0.219 e. The molecule has 0 aromatic carbocycles. The topological polar surface area (TPSA) is 60.8 Å². The van der Waals surface area contributed by atoms with Crippen LogP contribution < -0.4 is 0 Å². The summed E-state index contributed by atoms with van der Waals surface area (Å²) in [5.41, 5.74) is -0.433. The lowest BCUT2D eigenvalue weighted by Gasteiger charge is -2.37. The van der Waals surface area contributed by atoms with E-state index in [1.54, 1.807) is 18.7 Å². The van der Waals surface area contributed by atoms with Crippen molar-refractivity contribution in [1.29, 1.82) is 0 Å². The third-order valence-electron chi connectivity index (χ3n) is 2.96. The minimum absolute atomic E-state index is 0.00944. The lowest BCUT2D eigenvalue weighted by atomic mass is 9.85. The van der Waals surface area contributed by atoms with Crippen LogP contribution in [-0.2, 0) is 4.79 Å². The molecule has 0 spiro atoms. The highest BCUT2D eigenvalue weighted by Gasteiger charge is 2.29. The van der Waals surface area contributed by atoms with Gasteiger partial charge < -0.3 is 15.1 Å². The van der Waals surface area contributed by atoms with E-state index in [9.17, 15) is 15.0 Å². The number of hydrogen-bond acceptors (Lipinski definition) is 3. The van der Waals surface area contributed by atoms with Gasteiger partial charge in [0.15, 0.2) is 0 Å². The van der Waals surface area contributed by atoms with Crippen molar-refractivity contribution in [1.82, 2.24) is 4.90 Å². The first-order chi connectivity index (χ1) is 7.99. The van der Waals surface area contributed by atoms with E-state index in [1.165, 1.54) is 0 Å². The van der Waals surface area contributed by atoms with Crippen LogP contribution in [0.3, 0.4) is 0 Å². The predicted octanol–water partition coefficient (Wildman–Crippen LogP) is 1.65. The Hall–Kier alpha value is -0.610. The van der Waals surface area contributed by atoms with Gasteiger partial charge in [-0.25, -0.2) is 0 Å². The van der Waals surface area contributed by atoms with Crippen LogP contribution in [0, 0.1) is 10.8 Å². The average molecular weight is 259 g/mol. The highest BCUT2D eigenvalue weighted by atomic mass is 16.3. The molecule has 4 nitrogen and oxygen atoms in total. The zero-order valence-corrected chi connectivity index (χ0v) is 12.7. The third kappa shape index (κ3) is 6.97. The van der Waals surface area contributed by atoms with Gasteiger partial charge in [-0.2, -0.15) is 0 Å². The zero-order valence-electron chi connectivity index (χ0n) is 12.7. The summed E-state index contributed by atoms with van der Waals surface area (Å²) in [6.07, 6.45) is 0.274. The van der Waals surface area contributed by atoms with Gasteiger partial charge in [0.05, 0.1) is 6.10 Å². The van der Waals surface area contributed by atoms with E-state index >= 15 is 0 Å². The van der Waals surface area contributed by atoms with E-state index in [1.807, 2.05) is 27.7 Å². The number of hydrogen-bond donors (Lipinski definition) is 2. The fourth-order valence-electron chi connectivity index (χ4n) is 2.23. The summed E-state index contributed by atoms with van der Waals surface area (Å²) in [6, 6.07) is 0. The molecule has 0 fully saturated rings. The summed E-state index contributed by atoms with van der Waals surface area (Å²) in [6.45, 7) is 12.4. The number of aliphatic hydroxyl groups excluding tert-OH is 2. The summed E-state index contributed by atoms with van der Waals surface area (Å²) in [5.74, 6) is 0.00944. The summed E-state index contributed by atoms with van der Waals surface area (Å²) in [4.78, 5) is 13.4. The van der Waals surface area contributed by atoms with Crippen LogP contribution in [-0.4, -0.2) is 46.8 Å². The first kappa shape index (κ1) is 17.4. The van der Waals surface area contributed by atoms with E-state index in [2.05, 4.69) is 0 Å². The van der Waals surface area contributed by atoms with Crippen LogP contribution in [0.25, 0.3) is 0 Å². The van der Waals surface area contributed by atoms with Gasteiger partial charge in [0, 0.05) is 32.0 Å². The minimum Gasteiger partial charge on any atom is -0.396 e. The van der Waals surface area contributed by atoms with Gasteiger partial charge in [-0.1, -0.05) is 27.7 Å². The molecule has 0 rings (SSSR count). The maximum absolute atomic E-state index is 11.7. The molecule has 0 aromatic heterocycles. The van der Waals surface area contributed by atoms with E-state index in [4.69, 9.17) is 0 Å². The fourth-order valence-corrected chi connectivity index (χ4v) is 2.23. The van der Waals surface area contributed by atoms with E-state index in [0.717, 1.165) is 0 Å². The second-order valence-electron chi connectivity index (χ2n) is 6.91. The van der Waals surface area contributed by atoms with Crippen molar-refractivity contribution >= 4 is 5.91 Å². The van der Waals surface area contributed by atoms with Gasteiger partial charge in [-0.05, 0) is 18.8 Å². The SMILES string of the molecule is CC(=O)N(CC(C)(C)CO)CC(C)(C)CC(C)O. The van der Waals surface area contributed by atoms with Crippen LogP contribution in [0.1, 0.15) is 48.0 Å². The molecule has 0 aliphatic carbocycles. The van der Waals surface area contributed by atoms with Crippen molar-refractivity contribution in [2.45, 2.75) is 54.1 Å². The van der Waals surface area contributed by atoms with Crippen LogP contribution in [0.2, 0.25) is 0 Å².